The minimum Gasteiger partial charge on any atom is -0.491 e. The number of rotatable bonds is 10. The summed E-state index contributed by atoms with van der Waals surface area (Å²) >= 11 is 3.39. The van der Waals surface area contributed by atoms with Crippen LogP contribution in [0.4, 0.5) is 0 Å². The van der Waals surface area contributed by atoms with E-state index in [-0.39, 0.29) is 12.4 Å². The molecule has 2 rings (SSSR count). The number of quaternary nitrogens is 1. The number of ketones is 1. The van der Waals surface area contributed by atoms with Crippen molar-refractivity contribution in [2.45, 2.75) is 13.0 Å². The Morgan fingerprint density at radius 3 is 2.27 bits per heavy atom. The van der Waals surface area contributed by atoms with Gasteiger partial charge in [0.05, 0.1) is 7.05 Å². The maximum atomic E-state index is 11.2. The second-order valence-corrected chi connectivity index (χ2v) is 7.17. The van der Waals surface area contributed by atoms with Crippen LogP contribution in [-0.4, -0.2) is 50.3 Å². The number of Topliss-reactive ketones (excluding diaryl/α,β-unsaturated/α-hetero) is 1. The molecule has 2 atom stereocenters. The summed E-state index contributed by atoms with van der Waals surface area (Å²) in [7, 11) is 2.01. The molecule has 0 bridgehead atoms. The molecule has 1 unspecified atom stereocenters. The summed E-state index contributed by atoms with van der Waals surface area (Å²) in [5.41, 5.74) is 0.646. The zero-order chi connectivity index (χ0) is 18.9. The normalized spacial score (nSPS) is 13.1. The van der Waals surface area contributed by atoms with E-state index in [0.717, 1.165) is 21.7 Å². The van der Waals surface area contributed by atoms with Gasteiger partial charge in [0.15, 0.2) is 5.78 Å². The summed E-state index contributed by atoms with van der Waals surface area (Å²) < 4.78 is 12.3. The molecule has 2 N–H and O–H groups in total. The van der Waals surface area contributed by atoms with Gasteiger partial charge in [-0.2, -0.15) is 0 Å². The Morgan fingerprint density at radius 1 is 1.08 bits per heavy atom. The van der Waals surface area contributed by atoms with Crippen LogP contribution in [-0.2, 0) is 0 Å². The number of ether oxygens (including phenoxy) is 2. The molecule has 2 aromatic carbocycles. The average molecular weight is 423 g/mol. The first-order chi connectivity index (χ1) is 12.4. The molecular weight excluding hydrogens is 398 g/mol. The fourth-order valence-corrected chi connectivity index (χ4v) is 2.68. The fourth-order valence-electron chi connectivity index (χ4n) is 2.42. The molecule has 2 aromatic rings. The molecule has 0 aliphatic carbocycles. The van der Waals surface area contributed by atoms with Crippen molar-refractivity contribution in [2.75, 3.05) is 33.4 Å². The summed E-state index contributed by atoms with van der Waals surface area (Å²) in [4.78, 5) is 12.4. The molecule has 140 valence electrons. The first-order valence-electron chi connectivity index (χ1n) is 8.55. The Kier molecular flexibility index (Phi) is 8.09. The number of hydrogen-bond acceptors (Lipinski definition) is 4. The van der Waals surface area contributed by atoms with Crippen molar-refractivity contribution >= 4 is 21.7 Å². The predicted molar refractivity (Wildman–Crippen MR) is 104 cm³/mol. The van der Waals surface area contributed by atoms with E-state index >= 15 is 0 Å². The lowest BCUT2D eigenvalue weighted by molar-refractivity contribution is -0.883. The molecule has 5 nitrogen and oxygen atoms in total. The number of halogens is 1. The maximum Gasteiger partial charge on any atom is 0.159 e. The minimum atomic E-state index is -0.574. The van der Waals surface area contributed by atoms with Crippen LogP contribution in [0, 0.1) is 0 Å². The summed E-state index contributed by atoms with van der Waals surface area (Å²) in [6, 6.07) is 14.6. The van der Waals surface area contributed by atoms with Crippen molar-refractivity contribution < 1.29 is 24.3 Å². The fraction of sp³-hybridized carbons (Fsp3) is 0.350. The van der Waals surface area contributed by atoms with E-state index in [2.05, 4.69) is 15.9 Å². The van der Waals surface area contributed by atoms with Gasteiger partial charge in [0.1, 0.15) is 43.9 Å². The number of aliphatic hydroxyl groups excluding tert-OH is 1. The molecule has 0 aliphatic heterocycles. The highest BCUT2D eigenvalue weighted by Gasteiger charge is 2.12. The van der Waals surface area contributed by atoms with Crippen molar-refractivity contribution in [1.29, 1.82) is 0 Å². The quantitative estimate of drug-likeness (QED) is 0.574. The van der Waals surface area contributed by atoms with Crippen molar-refractivity contribution in [3.05, 3.63) is 58.6 Å². The number of likely N-dealkylation sites (N-methyl/N-ethyl adjacent to an activating group) is 1. The monoisotopic (exact) mass is 422 g/mol. The van der Waals surface area contributed by atoms with Crippen molar-refractivity contribution in [2.24, 2.45) is 0 Å². The molecule has 0 amide bonds. The molecule has 0 saturated carbocycles. The number of aliphatic hydroxyl groups is 1. The Hall–Kier alpha value is -1.89. The minimum absolute atomic E-state index is 0.0205. The van der Waals surface area contributed by atoms with Gasteiger partial charge < -0.3 is 19.5 Å². The lowest BCUT2D eigenvalue weighted by atomic mass is 10.1. The maximum absolute atomic E-state index is 11.2. The highest BCUT2D eigenvalue weighted by Crippen LogP contribution is 2.15. The topological polar surface area (TPSA) is 60.2 Å². The van der Waals surface area contributed by atoms with E-state index in [9.17, 15) is 9.90 Å². The van der Waals surface area contributed by atoms with Gasteiger partial charge >= 0.3 is 0 Å². The summed E-state index contributed by atoms with van der Waals surface area (Å²) in [5, 5.41) is 10.1. The van der Waals surface area contributed by atoms with Crippen LogP contribution in [0.15, 0.2) is 53.0 Å². The third-order valence-corrected chi connectivity index (χ3v) is 4.43. The molecule has 0 saturated heterocycles. The van der Waals surface area contributed by atoms with Crippen molar-refractivity contribution in [3.8, 4) is 11.5 Å². The standard InChI is InChI=1S/C20H24BrNO4/c1-15(23)16-3-7-20(8-4-16)26-14-18(24)13-22(2)11-12-25-19-9-5-17(21)6-10-19/h3-10,18,24H,11-14H2,1-2H3/p+1/t18-/m0/s1. The molecular formula is C20H25BrNO4+. The largest absolute Gasteiger partial charge is 0.491 e. The van der Waals surface area contributed by atoms with Crippen LogP contribution in [0.25, 0.3) is 0 Å². The molecule has 0 heterocycles. The molecule has 6 heteroatoms. The average Bonchev–Trinajstić information content (AvgIpc) is 2.62. The van der Waals surface area contributed by atoms with Crippen LogP contribution >= 0.6 is 15.9 Å². The number of benzene rings is 2. The zero-order valence-corrected chi connectivity index (χ0v) is 16.7. The molecule has 0 spiro atoms. The smallest absolute Gasteiger partial charge is 0.159 e. The van der Waals surface area contributed by atoms with Crippen LogP contribution in [0.3, 0.4) is 0 Å². The Balaban J connectivity index is 1.65. The van der Waals surface area contributed by atoms with Crippen LogP contribution < -0.4 is 14.4 Å². The molecule has 0 aromatic heterocycles. The van der Waals surface area contributed by atoms with Gasteiger partial charge in [0.2, 0.25) is 0 Å². The highest BCUT2D eigenvalue weighted by atomic mass is 79.9. The van der Waals surface area contributed by atoms with E-state index in [1.54, 1.807) is 24.3 Å². The Bertz CT molecular complexity index is 688. The second-order valence-electron chi connectivity index (χ2n) is 6.26. The number of carbonyl (C=O) groups excluding carboxylic acids is 1. The lowest BCUT2D eigenvalue weighted by Crippen LogP contribution is -3.10. The van der Waals surface area contributed by atoms with Gasteiger partial charge in [0.25, 0.3) is 0 Å². The van der Waals surface area contributed by atoms with Gasteiger partial charge in [-0.1, -0.05) is 15.9 Å². The van der Waals surface area contributed by atoms with Crippen LogP contribution in [0.1, 0.15) is 17.3 Å². The van der Waals surface area contributed by atoms with Gasteiger partial charge in [-0.15, -0.1) is 0 Å². The van der Waals surface area contributed by atoms with Gasteiger partial charge in [0, 0.05) is 10.0 Å². The molecule has 0 fully saturated rings. The van der Waals surface area contributed by atoms with Crippen LogP contribution in [0.2, 0.25) is 0 Å². The summed E-state index contributed by atoms with van der Waals surface area (Å²) in [6.45, 7) is 3.66. The second kappa shape index (κ2) is 10.3. The SMILES string of the molecule is CC(=O)c1ccc(OC[C@@H](O)C[NH+](C)CCOc2ccc(Br)cc2)cc1. The third-order valence-electron chi connectivity index (χ3n) is 3.90. The van der Waals surface area contributed by atoms with Crippen LogP contribution in [0.5, 0.6) is 11.5 Å². The number of nitrogens with one attached hydrogen (secondary N) is 1. The Labute approximate surface area is 162 Å². The molecule has 0 aliphatic rings. The number of carbonyl (C=O) groups is 1. The predicted octanol–water partition coefficient (Wildman–Crippen LogP) is 1.99. The van der Waals surface area contributed by atoms with Crippen molar-refractivity contribution in [1.82, 2.24) is 0 Å². The third kappa shape index (κ3) is 7.15. The van der Waals surface area contributed by atoms with E-state index < -0.39 is 6.10 Å². The number of hydrogen-bond donors (Lipinski definition) is 2. The summed E-state index contributed by atoms with van der Waals surface area (Å²) in [5.74, 6) is 1.50. The lowest BCUT2D eigenvalue weighted by Gasteiger charge is -2.18. The van der Waals surface area contributed by atoms with E-state index in [1.807, 2.05) is 31.3 Å². The van der Waals surface area contributed by atoms with Gasteiger partial charge in [-0.05, 0) is 55.5 Å². The first-order valence-corrected chi connectivity index (χ1v) is 9.35. The first kappa shape index (κ1) is 20.4. The van der Waals surface area contributed by atoms with Gasteiger partial charge in [-0.25, -0.2) is 0 Å². The van der Waals surface area contributed by atoms with E-state index in [4.69, 9.17) is 9.47 Å². The van der Waals surface area contributed by atoms with E-state index in [0.29, 0.717) is 24.5 Å². The highest BCUT2D eigenvalue weighted by molar-refractivity contribution is 9.10. The van der Waals surface area contributed by atoms with E-state index in [1.165, 1.54) is 6.92 Å². The summed E-state index contributed by atoms with van der Waals surface area (Å²) in [6.07, 6.45) is -0.574. The molecule has 0 radical (unpaired) electrons. The van der Waals surface area contributed by atoms with Gasteiger partial charge in [-0.3, -0.25) is 4.79 Å². The van der Waals surface area contributed by atoms with Crippen molar-refractivity contribution in [3.63, 3.8) is 0 Å². The Morgan fingerprint density at radius 2 is 1.65 bits per heavy atom. The zero-order valence-electron chi connectivity index (χ0n) is 15.1. The molecule has 26 heavy (non-hydrogen) atoms.